The van der Waals surface area contributed by atoms with Crippen LogP contribution in [0.25, 0.3) is 0 Å². The van der Waals surface area contributed by atoms with Crippen molar-refractivity contribution in [2.24, 2.45) is 5.92 Å². The van der Waals surface area contributed by atoms with Crippen LogP contribution in [0.3, 0.4) is 0 Å². The standard InChI is InChI=1S/C12H26N2O/c1-3-6-13-12-5-7-14(8-9-15)10-11(12)4-2/h11-13,15H,3-10H2,1-2H3. The monoisotopic (exact) mass is 214 g/mol. The van der Waals surface area contributed by atoms with E-state index in [-0.39, 0.29) is 0 Å². The van der Waals surface area contributed by atoms with Crippen LogP contribution in [-0.2, 0) is 0 Å². The van der Waals surface area contributed by atoms with Crippen LogP contribution < -0.4 is 5.32 Å². The Morgan fingerprint density at radius 3 is 2.80 bits per heavy atom. The molecule has 0 bridgehead atoms. The average Bonchev–Trinajstić information content (AvgIpc) is 2.27. The zero-order valence-corrected chi connectivity index (χ0v) is 10.2. The molecule has 90 valence electrons. The molecule has 2 N–H and O–H groups in total. The van der Waals surface area contributed by atoms with Gasteiger partial charge in [-0.2, -0.15) is 0 Å². The molecular formula is C12H26N2O. The zero-order valence-electron chi connectivity index (χ0n) is 10.2. The molecule has 1 fully saturated rings. The highest BCUT2D eigenvalue weighted by Gasteiger charge is 2.26. The summed E-state index contributed by atoms with van der Waals surface area (Å²) in [5, 5.41) is 12.6. The number of nitrogens with one attached hydrogen (secondary N) is 1. The van der Waals surface area contributed by atoms with Crippen LogP contribution in [0.4, 0.5) is 0 Å². The van der Waals surface area contributed by atoms with Gasteiger partial charge in [-0.05, 0) is 31.8 Å². The van der Waals surface area contributed by atoms with Crippen molar-refractivity contribution in [2.75, 3.05) is 32.8 Å². The van der Waals surface area contributed by atoms with E-state index in [9.17, 15) is 0 Å². The summed E-state index contributed by atoms with van der Waals surface area (Å²) in [5.74, 6) is 0.761. The molecule has 15 heavy (non-hydrogen) atoms. The fourth-order valence-electron chi connectivity index (χ4n) is 2.46. The van der Waals surface area contributed by atoms with Gasteiger partial charge in [0.15, 0.2) is 0 Å². The fourth-order valence-corrected chi connectivity index (χ4v) is 2.46. The molecule has 0 aliphatic carbocycles. The van der Waals surface area contributed by atoms with E-state index in [0.717, 1.165) is 32.1 Å². The Morgan fingerprint density at radius 2 is 2.20 bits per heavy atom. The second-order valence-corrected chi connectivity index (χ2v) is 4.54. The van der Waals surface area contributed by atoms with Gasteiger partial charge in [0.25, 0.3) is 0 Å². The first kappa shape index (κ1) is 12.9. The van der Waals surface area contributed by atoms with Crippen LogP contribution in [0.5, 0.6) is 0 Å². The van der Waals surface area contributed by atoms with Crippen molar-refractivity contribution < 1.29 is 5.11 Å². The lowest BCUT2D eigenvalue weighted by molar-refractivity contribution is 0.112. The van der Waals surface area contributed by atoms with E-state index in [1.807, 2.05) is 0 Å². The molecule has 1 rings (SSSR count). The summed E-state index contributed by atoms with van der Waals surface area (Å²) < 4.78 is 0. The van der Waals surface area contributed by atoms with Gasteiger partial charge in [0, 0.05) is 19.1 Å². The summed E-state index contributed by atoms with van der Waals surface area (Å²) in [6, 6.07) is 0.699. The van der Waals surface area contributed by atoms with E-state index in [2.05, 4.69) is 24.1 Å². The summed E-state index contributed by atoms with van der Waals surface area (Å²) in [7, 11) is 0. The third-order valence-corrected chi connectivity index (χ3v) is 3.42. The number of hydrogen-bond acceptors (Lipinski definition) is 3. The Morgan fingerprint density at radius 1 is 1.40 bits per heavy atom. The van der Waals surface area contributed by atoms with E-state index in [1.165, 1.54) is 19.3 Å². The predicted octanol–water partition coefficient (Wildman–Crippen LogP) is 1.08. The normalized spacial score (nSPS) is 28.2. The Kier molecular flexibility index (Phi) is 6.22. The van der Waals surface area contributed by atoms with Gasteiger partial charge in [-0.15, -0.1) is 0 Å². The van der Waals surface area contributed by atoms with Gasteiger partial charge in [-0.25, -0.2) is 0 Å². The second-order valence-electron chi connectivity index (χ2n) is 4.54. The molecule has 3 heteroatoms. The van der Waals surface area contributed by atoms with E-state index >= 15 is 0 Å². The van der Waals surface area contributed by atoms with Crippen molar-refractivity contribution in [1.82, 2.24) is 10.2 Å². The zero-order chi connectivity index (χ0) is 11.1. The van der Waals surface area contributed by atoms with Crippen LogP contribution >= 0.6 is 0 Å². The van der Waals surface area contributed by atoms with E-state index in [4.69, 9.17) is 5.11 Å². The van der Waals surface area contributed by atoms with Crippen LogP contribution in [-0.4, -0.2) is 48.8 Å². The van der Waals surface area contributed by atoms with E-state index in [0.29, 0.717) is 12.6 Å². The van der Waals surface area contributed by atoms with Gasteiger partial charge in [0.1, 0.15) is 0 Å². The molecule has 1 heterocycles. The summed E-state index contributed by atoms with van der Waals surface area (Å²) in [6.45, 7) is 9.06. The first-order valence-corrected chi connectivity index (χ1v) is 6.38. The average molecular weight is 214 g/mol. The van der Waals surface area contributed by atoms with Crippen molar-refractivity contribution in [3.63, 3.8) is 0 Å². The Hall–Kier alpha value is -0.120. The van der Waals surface area contributed by atoms with E-state index in [1.54, 1.807) is 0 Å². The smallest absolute Gasteiger partial charge is 0.0558 e. The number of hydrogen-bond donors (Lipinski definition) is 2. The molecule has 0 spiro atoms. The summed E-state index contributed by atoms with van der Waals surface area (Å²) in [5.41, 5.74) is 0. The van der Waals surface area contributed by atoms with Crippen molar-refractivity contribution in [3.05, 3.63) is 0 Å². The lowest BCUT2D eigenvalue weighted by Gasteiger charge is -2.38. The van der Waals surface area contributed by atoms with Gasteiger partial charge < -0.3 is 15.3 Å². The Balaban J connectivity index is 2.34. The molecular weight excluding hydrogens is 188 g/mol. The number of rotatable bonds is 6. The summed E-state index contributed by atoms with van der Waals surface area (Å²) in [4.78, 5) is 2.39. The van der Waals surface area contributed by atoms with Gasteiger partial charge in [-0.1, -0.05) is 20.3 Å². The SMILES string of the molecule is CCCNC1CCN(CCO)CC1CC. The predicted molar refractivity (Wildman–Crippen MR) is 64.0 cm³/mol. The number of piperidine rings is 1. The maximum atomic E-state index is 8.93. The molecule has 1 aliphatic rings. The number of nitrogens with zero attached hydrogens (tertiary/aromatic N) is 1. The molecule has 0 saturated carbocycles. The highest BCUT2D eigenvalue weighted by atomic mass is 16.3. The third kappa shape index (κ3) is 4.09. The highest BCUT2D eigenvalue weighted by Crippen LogP contribution is 2.19. The molecule has 0 aromatic carbocycles. The molecule has 1 aliphatic heterocycles. The highest BCUT2D eigenvalue weighted by molar-refractivity contribution is 4.84. The first-order valence-electron chi connectivity index (χ1n) is 6.38. The summed E-state index contributed by atoms with van der Waals surface area (Å²) in [6.07, 6.45) is 3.69. The molecule has 2 atom stereocenters. The van der Waals surface area contributed by atoms with Crippen molar-refractivity contribution in [2.45, 2.75) is 39.2 Å². The van der Waals surface area contributed by atoms with Gasteiger partial charge in [0.05, 0.1) is 6.61 Å². The van der Waals surface area contributed by atoms with Crippen LogP contribution in [0.1, 0.15) is 33.1 Å². The molecule has 0 radical (unpaired) electrons. The van der Waals surface area contributed by atoms with Crippen molar-refractivity contribution >= 4 is 0 Å². The minimum Gasteiger partial charge on any atom is -0.395 e. The molecule has 0 aromatic heterocycles. The van der Waals surface area contributed by atoms with Gasteiger partial charge in [-0.3, -0.25) is 0 Å². The Labute approximate surface area is 93.9 Å². The number of aliphatic hydroxyl groups is 1. The molecule has 0 aromatic rings. The van der Waals surface area contributed by atoms with Crippen LogP contribution in [0, 0.1) is 5.92 Å². The molecule has 3 nitrogen and oxygen atoms in total. The topological polar surface area (TPSA) is 35.5 Å². The summed E-state index contributed by atoms with van der Waals surface area (Å²) >= 11 is 0. The van der Waals surface area contributed by atoms with Crippen molar-refractivity contribution in [1.29, 1.82) is 0 Å². The fraction of sp³-hybridized carbons (Fsp3) is 1.00. The largest absolute Gasteiger partial charge is 0.395 e. The molecule has 0 amide bonds. The maximum absolute atomic E-state index is 8.93. The molecule has 2 unspecified atom stereocenters. The molecule has 1 saturated heterocycles. The second kappa shape index (κ2) is 7.20. The third-order valence-electron chi connectivity index (χ3n) is 3.42. The quantitative estimate of drug-likeness (QED) is 0.694. The van der Waals surface area contributed by atoms with E-state index < -0.39 is 0 Å². The van der Waals surface area contributed by atoms with Gasteiger partial charge in [0.2, 0.25) is 0 Å². The van der Waals surface area contributed by atoms with Crippen LogP contribution in [0.2, 0.25) is 0 Å². The number of aliphatic hydroxyl groups excluding tert-OH is 1. The lowest BCUT2D eigenvalue weighted by atomic mass is 9.90. The maximum Gasteiger partial charge on any atom is 0.0558 e. The van der Waals surface area contributed by atoms with Crippen molar-refractivity contribution in [3.8, 4) is 0 Å². The number of β-amino-alcohol motifs (C(OH)–C–C–N with tert-alkyl or cyclic N) is 1. The van der Waals surface area contributed by atoms with Crippen LogP contribution in [0.15, 0.2) is 0 Å². The first-order chi connectivity index (χ1) is 7.31. The lowest BCUT2D eigenvalue weighted by Crippen LogP contribution is -2.49. The minimum absolute atomic E-state index is 0.295. The minimum atomic E-state index is 0.295. The number of likely N-dealkylation sites (tertiary alicyclic amines) is 1. The Bertz CT molecular complexity index is 164. The van der Waals surface area contributed by atoms with Gasteiger partial charge >= 0.3 is 0 Å².